The van der Waals surface area contributed by atoms with E-state index in [0.29, 0.717) is 11.2 Å². The molecule has 1 unspecified atom stereocenters. The Balaban J connectivity index is 2.59. The molecule has 0 aromatic carbocycles. The van der Waals surface area contributed by atoms with Gasteiger partial charge < -0.3 is 9.67 Å². The van der Waals surface area contributed by atoms with Crippen LogP contribution in [0.25, 0.3) is 11.2 Å². The molecular weight excluding hydrogens is 216 g/mol. The number of hydrogen-bond acceptors (Lipinski definition) is 4. The number of fused-ring (bicyclic) bond motifs is 1. The van der Waals surface area contributed by atoms with E-state index in [9.17, 15) is 5.11 Å². The van der Waals surface area contributed by atoms with Gasteiger partial charge in [0.2, 0.25) is 5.88 Å². The molecule has 1 N–H and O–H groups in total. The molecule has 0 amide bonds. The Morgan fingerprint density at radius 2 is 2.06 bits per heavy atom. The molecule has 5 heteroatoms. The highest BCUT2D eigenvalue weighted by molar-refractivity contribution is 5.75. The van der Waals surface area contributed by atoms with Crippen molar-refractivity contribution in [3.05, 3.63) is 12.7 Å². The first kappa shape index (κ1) is 11.8. The summed E-state index contributed by atoms with van der Waals surface area (Å²) in [7, 11) is 0. The van der Waals surface area contributed by atoms with E-state index < -0.39 is 0 Å². The van der Waals surface area contributed by atoms with Gasteiger partial charge in [0.15, 0.2) is 11.2 Å². The summed E-state index contributed by atoms with van der Waals surface area (Å²) in [5.74, 6) is -0.0521. The van der Waals surface area contributed by atoms with Crippen molar-refractivity contribution in [3.63, 3.8) is 0 Å². The van der Waals surface area contributed by atoms with Crippen molar-refractivity contribution in [1.82, 2.24) is 19.5 Å². The normalized spacial score (nSPS) is 15.0. The van der Waals surface area contributed by atoms with Gasteiger partial charge in [0.05, 0.1) is 6.33 Å². The van der Waals surface area contributed by atoms with E-state index in [0.717, 1.165) is 19.3 Å². The standard InChI is InChI=1S/C12H18N4O/c1-4-6-12(3,5-2)16-8-15-9-10(16)13-7-14-11(9)17/h7-8H,4-6H2,1-3H3,(H,13,14,17). The zero-order valence-corrected chi connectivity index (χ0v) is 10.5. The van der Waals surface area contributed by atoms with Crippen LogP contribution in [-0.2, 0) is 5.54 Å². The third-order valence-electron chi connectivity index (χ3n) is 3.45. The van der Waals surface area contributed by atoms with Gasteiger partial charge in [0, 0.05) is 5.54 Å². The lowest BCUT2D eigenvalue weighted by molar-refractivity contribution is 0.285. The smallest absolute Gasteiger partial charge is 0.242 e. The molecule has 0 saturated carbocycles. The van der Waals surface area contributed by atoms with Crippen LogP contribution in [0.15, 0.2) is 12.7 Å². The molecule has 92 valence electrons. The van der Waals surface area contributed by atoms with E-state index in [1.165, 1.54) is 6.33 Å². The number of aromatic nitrogens is 4. The van der Waals surface area contributed by atoms with Crippen LogP contribution in [-0.4, -0.2) is 24.6 Å². The van der Waals surface area contributed by atoms with Crippen LogP contribution in [0.5, 0.6) is 5.88 Å². The van der Waals surface area contributed by atoms with Gasteiger partial charge in [0.1, 0.15) is 6.33 Å². The molecule has 5 nitrogen and oxygen atoms in total. The Morgan fingerprint density at radius 3 is 2.71 bits per heavy atom. The van der Waals surface area contributed by atoms with Gasteiger partial charge in [-0.25, -0.2) is 9.97 Å². The molecule has 2 rings (SSSR count). The van der Waals surface area contributed by atoms with E-state index in [1.807, 2.05) is 4.57 Å². The lowest BCUT2D eigenvalue weighted by Crippen LogP contribution is -2.28. The summed E-state index contributed by atoms with van der Waals surface area (Å²) in [5, 5.41) is 9.63. The van der Waals surface area contributed by atoms with E-state index >= 15 is 0 Å². The average molecular weight is 234 g/mol. The van der Waals surface area contributed by atoms with Crippen LogP contribution in [0.4, 0.5) is 0 Å². The fraction of sp³-hybridized carbons (Fsp3) is 0.583. The monoisotopic (exact) mass is 234 g/mol. The van der Waals surface area contributed by atoms with Crippen molar-refractivity contribution in [2.45, 2.75) is 45.6 Å². The van der Waals surface area contributed by atoms with Gasteiger partial charge in [-0.2, -0.15) is 4.98 Å². The number of nitrogens with zero attached hydrogens (tertiary/aromatic N) is 4. The largest absolute Gasteiger partial charge is 0.492 e. The van der Waals surface area contributed by atoms with Crippen molar-refractivity contribution in [2.75, 3.05) is 0 Å². The molecular formula is C12H18N4O. The van der Waals surface area contributed by atoms with Gasteiger partial charge in [-0.15, -0.1) is 0 Å². The Bertz CT molecular complexity index is 522. The summed E-state index contributed by atoms with van der Waals surface area (Å²) >= 11 is 0. The van der Waals surface area contributed by atoms with Gasteiger partial charge in [0.25, 0.3) is 0 Å². The summed E-state index contributed by atoms with van der Waals surface area (Å²) in [6.45, 7) is 6.51. The summed E-state index contributed by atoms with van der Waals surface area (Å²) < 4.78 is 2.05. The topological polar surface area (TPSA) is 63.8 Å². The SMILES string of the molecule is CCCC(C)(CC)n1cnc2c(O)ncnc21. The quantitative estimate of drug-likeness (QED) is 0.882. The van der Waals surface area contributed by atoms with Crippen molar-refractivity contribution < 1.29 is 5.11 Å². The second kappa shape index (κ2) is 4.31. The first-order chi connectivity index (χ1) is 8.12. The van der Waals surface area contributed by atoms with E-state index in [-0.39, 0.29) is 11.4 Å². The second-order valence-corrected chi connectivity index (χ2v) is 4.58. The maximum atomic E-state index is 9.63. The first-order valence-corrected chi connectivity index (χ1v) is 6.00. The molecule has 0 spiro atoms. The van der Waals surface area contributed by atoms with Crippen LogP contribution < -0.4 is 0 Å². The van der Waals surface area contributed by atoms with E-state index in [1.54, 1.807) is 6.33 Å². The summed E-state index contributed by atoms with van der Waals surface area (Å²) in [6, 6.07) is 0. The Kier molecular flexibility index (Phi) is 3.00. The maximum Gasteiger partial charge on any atom is 0.242 e. The van der Waals surface area contributed by atoms with Crippen LogP contribution in [0.1, 0.15) is 40.0 Å². The third-order valence-corrected chi connectivity index (χ3v) is 3.45. The van der Waals surface area contributed by atoms with Gasteiger partial charge in [-0.05, 0) is 19.8 Å². The summed E-state index contributed by atoms with van der Waals surface area (Å²) in [6.07, 6.45) is 6.27. The molecule has 0 aliphatic carbocycles. The molecule has 0 aliphatic heterocycles. The predicted molar refractivity (Wildman–Crippen MR) is 65.8 cm³/mol. The van der Waals surface area contributed by atoms with Crippen LogP contribution in [0, 0.1) is 0 Å². The fourth-order valence-corrected chi connectivity index (χ4v) is 2.22. The molecule has 0 aliphatic rings. The predicted octanol–water partition coefficient (Wildman–Crippen LogP) is 2.46. The third kappa shape index (κ3) is 1.85. The summed E-state index contributed by atoms with van der Waals surface area (Å²) in [4.78, 5) is 12.2. The summed E-state index contributed by atoms with van der Waals surface area (Å²) in [5.41, 5.74) is 1.17. The highest BCUT2D eigenvalue weighted by Gasteiger charge is 2.26. The zero-order valence-electron chi connectivity index (χ0n) is 10.5. The lowest BCUT2D eigenvalue weighted by atomic mass is 9.93. The van der Waals surface area contributed by atoms with Crippen LogP contribution in [0.2, 0.25) is 0 Å². The zero-order chi connectivity index (χ0) is 12.5. The molecule has 17 heavy (non-hydrogen) atoms. The average Bonchev–Trinajstić information content (AvgIpc) is 2.75. The molecule has 1 atom stereocenters. The number of aromatic hydroxyl groups is 1. The minimum absolute atomic E-state index is 0.00963. The molecule has 2 aromatic heterocycles. The Hall–Kier alpha value is -1.65. The van der Waals surface area contributed by atoms with Crippen molar-refractivity contribution in [3.8, 4) is 5.88 Å². The Labute approximate surface area is 101 Å². The number of imidazole rings is 1. The molecule has 0 fully saturated rings. The molecule has 2 heterocycles. The van der Waals surface area contributed by atoms with Gasteiger partial charge >= 0.3 is 0 Å². The highest BCUT2D eigenvalue weighted by Crippen LogP contribution is 2.30. The van der Waals surface area contributed by atoms with Crippen LogP contribution in [0.3, 0.4) is 0 Å². The second-order valence-electron chi connectivity index (χ2n) is 4.58. The minimum Gasteiger partial charge on any atom is -0.492 e. The fourth-order valence-electron chi connectivity index (χ4n) is 2.22. The molecule has 0 bridgehead atoms. The first-order valence-electron chi connectivity index (χ1n) is 6.00. The Morgan fingerprint density at radius 1 is 1.29 bits per heavy atom. The lowest BCUT2D eigenvalue weighted by Gasteiger charge is -2.29. The van der Waals surface area contributed by atoms with Gasteiger partial charge in [-0.3, -0.25) is 0 Å². The minimum atomic E-state index is -0.0521. The number of hydrogen-bond donors (Lipinski definition) is 1. The van der Waals surface area contributed by atoms with Crippen molar-refractivity contribution in [2.24, 2.45) is 0 Å². The van der Waals surface area contributed by atoms with Crippen LogP contribution >= 0.6 is 0 Å². The highest BCUT2D eigenvalue weighted by atomic mass is 16.3. The maximum absolute atomic E-state index is 9.63. The van der Waals surface area contributed by atoms with E-state index in [4.69, 9.17) is 0 Å². The molecule has 0 radical (unpaired) electrons. The van der Waals surface area contributed by atoms with Gasteiger partial charge in [-0.1, -0.05) is 20.3 Å². The van der Waals surface area contributed by atoms with Crippen molar-refractivity contribution in [1.29, 1.82) is 0 Å². The van der Waals surface area contributed by atoms with Crippen molar-refractivity contribution >= 4 is 11.2 Å². The molecule has 2 aromatic rings. The number of rotatable bonds is 4. The molecule has 0 saturated heterocycles. The van der Waals surface area contributed by atoms with E-state index in [2.05, 4.69) is 35.7 Å².